The number of nitrogens with one attached hydrogen (secondary N) is 1. The minimum absolute atomic E-state index is 0.384. The summed E-state index contributed by atoms with van der Waals surface area (Å²) in [7, 11) is 0. The number of hydrogen-bond acceptors (Lipinski definition) is 2. The van der Waals surface area contributed by atoms with Crippen LogP contribution in [0.1, 0.15) is 79.1 Å². The normalized spacial score (nSPS) is 23.7. The van der Waals surface area contributed by atoms with Crippen molar-refractivity contribution in [2.45, 2.75) is 90.6 Å². The van der Waals surface area contributed by atoms with E-state index in [0.29, 0.717) is 5.54 Å². The van der Waals surface area contributed by atoms with E-state index in [-0.39, 0.29) is 0 Å². The third-order valence-electron chi connectivity index (χ3n) is 5.01. The van der Waals surface area contributed by atoms with Crippen LogP contribution < -0.4 is 5.32 Å². The van der Waals surface area contributed by atoms with Gasteiger partial charge in [-0.15, -0.1) is 0 Å². The van der Waals surface area contributed by atoms with E-state index < -0.39 is 0 Å². The summed E-state index contributed by atoms with van der Waals surface area (Å²) in [5.41, 5.74) is 0.384. The molecular formula is C17H36N2. The van der Waals surface area contributed by atoms with Gasteiger partial charge in [0, 0.05) is 24.7 Å². The molecule has 0 radical (unpaired) electrons. The van der Waals surface area contributed by atoms with E-state index in [2.05, 4.69) is 37.9 Å². The van der Waals surface area contributed by atoms with Gasteiger partial charge in [-0.3, -0.25) is 4.90 Å². The molecule has 2 nitrogen and oxygen atoms in total. The third kappa shape index (κ3) is 5.07. The molecular weight excluding hydrogens is 232 g/mol. The summed E-state index contributed by atoms with van der Waals surface area (Å²) in [6.07, 6.45) is 10.7. The molecule has 1 aliphatic heterocycles. The minimum atomic E-state index is 0.384. The van der Waals surface area contributed by atoms with Crippen LogP contribution in [0.15, 0.2) is 0 Å². The summed E-state index contributed by atoms with van der Waals surface area (Å²) in [4.78, 5) is 2.79. The zero-order chi connectivity index (χ0) is 14.1. The number of unbranched alkanes of at least 4 members (excludes halogenated alkanes) is 3. The van der Waals surface area contributed by atoms with Gasteiger partial charge >= 0.3 is 0 Å². The average Bonchev–Trinajstić information content (AvgIpc) is 2.45. The van der Waals surface area contributed by atoms with Crippen molar-refractivity contribution in [3.63, 3.8) is 0 Å². The number of nitrogens with zero attached hydrogens (tertiary/aromatic N) is 1. The first-order valence-electron chi connectivity index (χ1n) is 8.70. The summed E-state index contributed by atoms with van der Waals surface area (Å²) >= 11 is 0. The summed E-state index contributed by atoms with van der Waals surface area (Å²) in [6.45, 7) is 13.1. The Morgan fingerprint density at radius 2 is 1.74 bits per heavy atom. The van der Waals surface area contributed by atoms with Crippen LogP contribution >= 0.6 is 0 Å². The van der Waals surface area contributed by atoms with Crippen LogP contribution in [0.4, 0.5) is 0 Å². The largest absolute Gasteiger partial charge is 0.308 e. The van der Waals surface area contributed by atoms with Crippen LogP contribution in [-0.4, -0.2) is 36.1 Å². The topological polar surface area (TPSA) is 15.3 Å². The van der Waals surface area contributed by atoms with E-state index in [9.17, 15) is 0 Å². The minimum Gasteiger partial charge on any atom is -0.308 e. The lowest BCUT2D eigenvalue weighted by Crippen LogP contribution is -2.63. The summed E-state index contributed by atoms with van der Waals surface area (Å²) < 4.78 is 0. The quantitative estimate of drug-likeness (QED) is 0.631. The van der Waals surface area contributed by atoms with Crippen LogP contribution in [0.25, 0.3) is 0 Å². The van der Waals surface area contributed by atoms with Crippen molar-refractivity contribution in [3.05, 3.63) is 0 Å². The molecule has 0 aromatic heterocycles. The van der Waals surface area contributed by atoms with E-state index in [1.807, 2.05) is 0 Å². The Bertz CT molecular complexity index is 223. The van der Waals surface area contributed by atoms with Gasteiger partial charge in [0.15, 0.2) is 0 Å². The maximum Gasteiger partial charge on any atom is 0.0304 e. The number of hydrogen-bond donors (Lipinski definition) is 1. The van der Waals surface area contributed by atoms with E-state index in [1.165, 1.54) is 71.0 Å². The van der Waals surface area contributed by atoms with Gasteiger partial charge in [-0.1, -0.05) is 53.4 Å². The fourth-order valence-corrected chi connectivity index (χ4v) is 3.38. The van der Waals surface area contributed by atoms with Gasteiger partial charge in [0.2, 0.25) is 0 Å². The molecule has 1 fully saturated rings. The van der Waals surface area contributed by atoms with Gasteiger partial charge in [0.05, 0.1) is 0 Å². The number of piperazine rings is 1. The molecule has 0 aromatic carbocycles. The standard InChI is InChI=1S/C17H36N2/c1-5-9-10-11-13-19-15-17(7-3,8-4)18-14-16(19)12-6-2/h16,18H,5-15H2,1-4H3. The smallest absolute Gasteiger partial charge is 0.0304 e. The average molecular weight is 268 g/mol. The molecule has 1 saturated heterocycles. The van der Waals surface area contributed by atoms with Gasteiger partial charge in [-0.25, -0.2) is 0 Å². The van der Waals surface area contributed by atoms with Crippen molar-refractivity contribution in [1.29, 1.82) is 0 Å². The maximum atomic E-state index is 3.86. The van der Waals surface area contributed by atoms with Crippen LogP contribution in [0, 0.1) is 0 Å². The van der Waals surface area contributed by atoms with Crippen LogP contribution in [0.5, 0.6) is 0 Å². The van der Waals surface area contributed by atoms with Crippen LogP contribution in [-0.2, 0) is 0 Å². The Labute approximate surface area is 121 Å². The van der Waals surface area contributed by atoms with Crippen LogP contribution in [0.2, 0.25) is 0 Å². The molecule has 114 valence electrons. The second-order valence-electron chi connectivity index (χ2n) is 6.34. The number of rotatable bonds is 9. The first-order chi connectivity index (χ1) is 9.21. The van der Waals surface area contributed by atoms with Crippen LogP contribution in [0.3, 0.4) is 0 Å². The second kappa shape index (κ2) is 8.97. The van der Waals surface area contributed by atoms with E-state index in [1.54, 1.807) is 0 Å². The van der Waals surface area contributed by atoms with Crippen molar-refractivity contribution in [3.8, 4) is 0 Å². The Balaban J connectivity index is 2.52. The van der Waals surface area contributed by atoms with Gasteiger partial charge in [-0.05, 0) is 32.2 Å². The van der Waals surface area contributed by atoms with E-state index in [4.69, 9.17) is 0 Å². The lowest BCUT2D eigenvalue weighted by Gasteiger charge is -2.47. The highest BCUT2D eigenvalue weighted by atomic mass is 15.2. The summed E-state index contributed by atoms with van der Waals surface area (Å²) in [5.74, 6) is 0. The first kappa shape index (κ1) is 17.0. The van der Waals surface area contributed by atoms with Crippen molar-refractivity contribution in [2.24, 2.45) is 0 Å². The Kier molecular flexibility index (Phi) is 8.01. The van der Waals surface area contributed by atoms with Gasteiger partial charge in [0.25, 0.3) is 0 Å². The molecule has 1 atom stereocenters. The summed E-state index contributed by atoms with van der Waals surface area (Å²) in [6, 6.07) is 0.776. The van der Waals surface area contributed by atoms with Crippen molar-refractivity contribution < 1.29 is 0 Å². The third-order valence-corrected chi connectivity index (χ3v) is 5.01. The van der Waals surface area contributed by atoms with Crippen molar-refractivity contribution in [2.75, 3.05) is 19.6 Å². The molecule has 1 aliphatic rings. The Morgan fingerprint density at radius 1 is 1.00 bits per heavy atom. The Hall–Kier alpha value is -0.0800. The molecule has 1 N–H and O–H groups in total. The molecule has 0 bridgehead atoms. The molecule has 1 rings (SSSR count). The zero-order valence-corrected chi connectivity index (χ0v) is 13.8. The van der Waals surface area contributed by atoms with Gasteiger partial charge in [0.1, 0.15) is 0 Å². The Morgan fingerprint density at radius 3 is 2.32 bits per heavy atom. The lowest BCUT2D eigenvalue weighted by molar-refractivity contribution is 0.0664. The highest BCUT2D eigenvalue weighted by Crippen LogP contribution is 2.24. The highest BCUT2D eigenvalue weighted by Gasteiger charge is 2.35. The summed E-state index contributed by atoms with van der Waals surface area (Å²) in [5, 5.41) is 3.86. The van der Waals surface area contributed by atoms with E-state index >= 15 is 0 Å². The van der Waals surface area contributed by atoms with Gasteiger partial charge < -0.3 is 5.32 Å². The zero-order valence-electron chi connectivity index (χ0n) is 13.8. The second-order valence-corrected chi connectivity index (χ2v) is 6.34. The molecule has 0 aromatic rings. The molecule has 19 heavy (non-hydrogen) atoms. The lowest BCUT2D eigenvalue weighted by atomic mass is 9.87. The molecule has 1 unspecified atom stereocenters. The van der Waals surface area contributed by atoms with E-state index in [0.717, 1.165) is 6.04 Å². The fraction of sp³-hybridized carbons (Fsp3) is 1.00. The predicted molar refractivity (Wildman–Crippen MR) is 85.7 cm³/mol. The highest BCUT2D eigenvalue weighted by molar-refractivity contribution is 4.96. The predicted octanol–water partition coefficient (Wildman–Crippen LogP) is 4.20. The fourth-order valence-electron chi connectivity index (χ4n) is 3.38. The first-order valence-corrected chi connectivity index (χ1v) is 8.70. The van der Waals surface area contributed by atoms with Crippen molar-refractivity contribution >= 4 is 0 Å². The molecule has 0 aliphatic carbocycles. The molecule has 1 heterocycles. The molecule has 0 saturated carbocycles. The molecule has 0 amide bonds. The van der Waals surface area contributed by atoms with Gasteiger partial charge in [-0.2, -0.15) is 0 Å². The maximum absolute atomic E-state index is 3.86. The molecule has 2 heteroatoms. The monoisotopic (exact) mass is 268 g/mol. The molecule has 0 spiro atoms. The SMILES string of the molecule is CCCCCCN1CC(CC)(CC)NCC1CCC. The van der Waals surface area contributed by atoms with Crippen molar-refractivity contribution in [1.82, 2.24) is 10.2 Å².